The van der Waals surface area contributed by atoms with E-state index in [1.807, 2.05) is 0 Å². The summed E-state index contributed by atoms with van der Waals surface area (Å²) < 4.78 is 2.98. The van der Waals surface area contributed by atoms with Gasteiger partial charge in [0.05, 0.1) is 0 Å². The van der Waals surface area contributed by atoms with Crippen molar-refractivity contribution in [2.24, 2.45) is 0 Å². The summed E-state index contributed by atoms with van der Waals surface area (Å²) in [7, 11) is 0. The molecule has 88 valence electrons. The molecule has 0 unspecified atom stereocenters. The number of hydrogen-bond donors (Lipinski definition) is 0. The van der Waals surface area contributed by atoms with Gasteiger partial charge in [-0.3, -0.25) is 0 Å². The van der Waals surface area contributed by atoms with E-state index in [9.17, 15) is 0 Å². The van der Waals surface area contributed by atoms with E-state index in [1.54, 1.807) is 3.88 Å². The zero-order valence-electron chi connectivity index (χ0n) is 8.76. The predicted molar refractivity (Wildman–Crippen MR) is 73.7 cm³/mol. The molecule has 0 N–H and O–H groups in total. The minimum Gasteiger partial charge on any atom is -0.147 e. The molecule has 0 saturated heterocycles. The molecular weight excluding hydrogens is 298 g/mol. The molecule has 0 spiro atoms. The monoisotopic (exact) mass is 312 g/mol. The smallest absolute Gasteiger partial charge is 0.147 e. The van der Waals surface area contributed by atoms with Gasteiger partial charge in [0.2, 0.25) is 0 Å². The van der Waals surface area contributed by atoms with Crippen LogP contribution in [0.25, 0.3) is 0 Å². The number of benzene rings is 1. The van der Waals surface area contributed by atoms with Gasteiger partial charge in [0.1, 0.15) is 0 Å². The maximum atomic E-state index is 2.29. The summed E-state index contributed by atoms with van der Waals surface area (Å²) in [6.07, 6.45) is 7.95. The van der Waals surface area contributed by atoms with Crippen LogP contribution < -0.4 is 0 Å². The largest absolute Gasteiger partial charge is 0.147 e. The van der Waals surface area contributed by atoms with Gasteiger partial charge in [0, 0.05) is 0 Å². The number of rotatable bonds is 3. The van der Waals surface area contributed by atoms with Crippen molar-refractivity contribution >= 4 is 37.2 Å². The molecule has 0 heterocycles. The molecular formula is C12H15Cl3Ti. The van der Waals surface area contributed by atoms with Gasteiger partial charge in [0.25, 0.3) is 0 Å². The van der Waals surface area contributed by atoms with Gasteiger partial charge < -0.3 is 0 Å². The van der Waals surface area contributed by atoms with Crippen molar-refractivity contribution in [1.29, 1.82) is 0 Å². The van der Waals surface area contributed by atoms with Crippen LogP contribution in [0.1, 0.15) is 12.0 Å². The Morgan fingerprint density at radius 2 is 1.69 bits per heavy atom. The molecule has 0 aliphatic heterocycles. The van der Waals surface area contributed by atoms with Crippen LogP contribution in [0.15, 0.2) is 52.4 Å². The van der Waals surface area contributed by atoms with Gasteiger partial charge in [0.15, 0.2) is 0 Å². The van der Waals surface area contributed by atoms with Crippen molar-refractivity contribution in [1.82, 2.24) is 0 Å². The van der Waals surface area contributed by atoms with Gasteiger partial charge >= 0.3 is 88.3 Å². The second kappa shape index (κ2) is 10.4. The van der Waals surface area contributed by atoms with E-state index in [-0.39, 0.29) is 56.4 Å². The van der Waals surface area contributed by atoms with Crippen molar-refractivity contribution in [3.63, 3.8) is 0 Å². The van der Waals surface area contributed by atoms with E-state index >= 15 is 0 Å². The summed E-state index contributed by atoms with van der Waals surface area (Å²) >= 11 is 0.110. The minimum absolute atomic E-state index is 0. The van der Waals surface area contributed by atoms with Gasteiger partial charge in [-0.15, -0.1) is 37.2 Å². The minimum atomic E-state index is 0. The predicted octanol–water partition coefficient (Wildman–Crippen LogP) is 4.38. The average molecular weight is 313 g/mol. The molecule has 2 rings (SSSR count). The van der Waals surface area contributed by atoms with Crippen molar-refractivity contribution in [3.05, 3.63) is 58.0 Å². The molecule has 0 fully saturated rings. The molecule has 0 bridgehead atoms. The second-order valence-corrected chi connectivity index (χ2v) is 5.27. The third-order valence-electron chi connectivity index (χ3n) is 2.13. The van der Waals surface area contributed by atoms with E-state index in [2.05, 4.69) is 48.6 Å². The Balaban J connectivity index is 0. The third-order valence-corrected chi connectivity index (χ3v) is 4.34. The van der Waals surface area contributed by atoms with Crippen molar-refractivity contribution in [2.75, 3.05) is 0 Å². The van der Waals surface area contributed by atoms with Gasteiger partial charge in [-0.05, 0) is 0 Å². The zero-order chi connectivity index (χ0) is 8.93. The van der Waals surface area contributed by atoms with E-state index in [0.29, 0.717) is 0 Å². The van der Waals surface area contributed by atoms with Crippen LogP contribution in [0.4, 0.5) is 0 Å². The van der Waals surface area contributed by atoms with Gasteiger partial charge in [-0.2, -0.15) is 0 Å². The molecule has 0 radical (unpaired) electrons. The van der Waals surface area contributed by atoms with Crippen LogP contribution in [0.3, 0.4) is 0 Å². The quantitative estimate of drug-likeness (QED) is 0.727. The molecule has 0 saturated carbocycles. The molecule has 0 atom stereocenters. The van der Waals surface area contributed by atoms with Crippen molar-refractivity contribution in [2.45, 2.75) is 11.1 Å². The molecule has 4 heteroatoms. The summed E-state index contributed by atoms with van der Waals surface area (Å²) in [5, 5.41) is 0. The van der Waals surface area contributed by atoms with E-state index in [1.165, 1.54) is 16.7 Å². The maximum Gasteiger partial charge on any atom is -0.147 e. The zero-order valence-corrected chi connectivity index (χ0v) is 12.8. The number of halogens is 3. The summed E-state index contributed by atoms with van der Waals surface area (Å²) in [6, 6.07) is 10.8. The topological polar surface area (TPSA) is 0 Å². The summed E-state index contributed by atoms with van der Waals surface area (Å²) in [5.41, 5.74) is 1.50. The molecule has 1 aliphatic carbocycles. The SMILES string of the molecule is C1=CC[C]([Ti][CH2]c2ccccc2)=C1.Cl.Cl.Cl. The van der Waals surface area contributed by atoms with Gasteiger partial charge in [-0.25, -0.2) is 0 Å². The molecule has 0 nitrogen and oxygen atoms in total. The molecule has 0 aromatic heterocycles. The summed E-state index contributed by atoms with van der Waals surface area (Å²) in [6.45, 7) is 0. The first kappa shape index (κ1) is 18.6. The Morgan fingerprint density at radius 3 is 2.25 bits per heavy atom. The fraction of sp³-hybridized carbons (Fsp3) is 0.167. The van der Waals surface area contributed by atoms with Crippen LogP contribution >= 0.6 is 37.2 Å². The number of hydrogen-bond acceptors (Lipinski definition) is 0. The second-order valence-electron chi connectivity index (χ2n) is 3.16. The molecule has 1 aromatic rings. The fourth-order valence-electron chi connectivity index (χ4n) is 1.39. The maximum absolute atomic E-state index is 2.29. The average Bonchev–Trinajstić information content (AvgIpc) is 2.69. The normalized spacial score (nSPS) is 11.6. The van der Waals surface area contributed by atoms with Crippen molar-refractivity contribution < 1.29 is 19.2 Å². The standard InChI is InChI=1S/C7H7.C5H5.3ClH.Ti/c1-7-5-3-2-4-6-7;1-2-4-5-3-1;;;;/h2-6H,1H2;1-3H,4H2;3*1H;. The molecule has 16 heavy (non-hydrogen) atoms. The Morgan fingerprint density at radius 1 is 1.00 bits per heavy atom. The van der Waals surface area contributed by atoms with Crippen LogP contribution in [-0.4, -0.2) is 0 Å². The van der Waals surface area contributed by atoms with Crippen LogP contribution in [-0.2, 0) is 23.9 Å². The van der Waals surface area contributed by atoms with E-state index in [4.69, 9.17) is 0 Å². The summed E-state index contributed by atoms with van der Waals surface area (Å²) in [5.74, 6) is 0. The van der Waals surface area contributed by atoms with Crippen LogP contribution in [0.2, 0.25) is 0 Å². The third kappa shape index (κ3) is 6.13. The first-order valence-electron chi connectivity index (χ1n) is 4.58. The Bertz CT molecular complexity index is 333. The summed E-state index contributed by atoms with van der Waals surface area (Å²) in [4.78, 5) is 0. The van der Waals surface area contributed by atoms with Crippen molar-refractivity contribution in [3.8, 4) is 0 Å². The first-order valence-corrected chi connectivity index (χ1v) is 6.47. The first-order chi connectivity index (χ1) is 6.45. The number of allylic oxidation sites excluding steroid dienone is 4. The molecule has 1 aliphatic rings. The molecule has 0 amide bonds. The van der Waals surface area contributed by atoms with Crippen LogP contribution in [0.5, 0.6) is 0 Å². The van der Waals surface area contributed by atoms with E-state index in [0.717, 1.165) is 0 Å². The Kier molecular flexibility index (Phi) is 12.2. The van der Waals surface area contributed by atoms with Gasteiger partial charge in [-0.1, -0.05) is 0 Å². The fourth-order valence-corrected chi connectivity index (χ4v) is 3.17. The Hall–Kier alpha value is 0.284. The molecule has 1 aromatic carbocycles. The van der Waals surface area contributed by atoms with E-state index < -0.39 is 0 Å². The Labute approximate surface area is 125 Å². The van der Waals surface area contributed by atoms with Crippen LogP contribution in [0, 0.1) is 0 Å².